The number of sulfonamides is 1. The molecule has 1 saturated heterocycles. The van der Waals surface area contributed by atoms with Gasteiger partial charge in [-0.2, -0.15) is 4.31 Å². The Balaban J connectivity index is 1.34. The highest BCUT2D eigenvalue weighted by atomic mass is 32.2. The fourth-order valence-corrected chi connectivity index (χ4v) is 6.44. The zero-order valence-corrected chi connectivity index (χ0v) is 19.2. The lowest BCUT2D eigenvalue weighted by atomic mass is 10.1. The molecular formula is C20H27N5O4S2. The van der Waals surface area contributed by atoms with Gasteiger partial charge in [-0.05, 0) is 48.9 Å². The summed E-state index contributed by atoms with van der Waals surface area (Å²) in [6, 6.07) is 5.44. The third-order valence-corrected chi connectivity index (χ3v) is 8.65. The van der Waals surface area contributed by atoms with Crippen molar-refractivity contribution < 1.29 is 13.2 Å². The van der Waals surface area contributed by atoms with Gasteiger partial charge in [0.15, 0.2) is 5.16 Å². The predicted octanol–water partition coefficient (Wildman–Crippen LogP) is 1.10. The molecule has 1 aliphatic heterocycles. The van der Waals surface area contributed by atoms with Crippen LogP contribution >= 0.6 is 11.8 Å². The maximum Gasteiger partial charge on any atom is 0.343 e. The lowest BCUT2D eigenvalue weighted by Gasteiger charge is -2.34. The first-order chi connectivity index (χ1) is 14.9. The van der Waals surface area contributed by atoms with E-state index in [-0.39, 0.29) is 30.4 Å². The molecule has 0 unspecified atom stereocenters. The Hall–Kier alpha value is -2.11. The smallest absolute Gasteiger partial charge is 0.339 e. The van der Waals surface area contributed by atoms with Gasteiger partial charge in [-0.25, -0.2) is 18.3 Å². The monoisotopic (exact) mass is 465 g/mol. The number of hydrogen-bond acceptors (Lipinski definition) is 6. The largest absolute Gasteiger partial charge is 0.343 e. The molecule has 11 heteroatoms. The highest BCUT2D eigenvalue weighted by Crippen LogP contribution is 2.27. The summed E-state index contributed by atoms with van der Waals surface area (Å²) >= 11 is 1.22. The zero-order valence-electron chi connectivity index (χ0n) is 17.5. The van der Waals surface area contributed by atoms with E-state index in [4.69, 9.17) is 0 Å². The minimum absolute atomic E-state index is 0.0851. The number of thioether (sulfide) groups is 1. The number of carbonyl (C=O) groups excluding carboxylic acids is 1. The maximum absolute atomic E-state index is 13.0. The van der Waals surface area contributed by atoms with E-state index in [1.54, 1.807) is 11.0 Å². The summed E-state index contributed by atoms with van der Waals surface area (Å²) in [5, 5.41) is 6.90. The van der Waals surface area contributed by atoms with Crippen molar-refractivity contribution in [2.75, 3.05) is 31.9 Å². The van der Waals surface area contributed by atoms with Gasteiger partial charge in [-0.15, -0.1) is 5.10 Å². The number of aromatic amines is 1. The number of piperazine rings is 1. The first-order valence-electron chi connectivity index (χ1n) is 10.6. The van der Waals surface area contributed by atoms with Crippen molar-refractivity contribution in [2.45, 2.75) is 49.2 Å². The second kappa shape index (κ2) is 9.17. The second-order valence-electron chi connectivity index (χ2n) is 7.82. The van der Waals surface area contributed by atoms with Crippen molar-refractivity contribution in [3.8, 4) is 0 Å². The van der Waals surface area contributed by atoms with Gasteiger partial charge in [-0.3, -0.25) is 9.36 Å². The molecule has 0 spiro atoms. The summed E-state index contributed by atoms with van der Waals surface area (Å²) in [7, 11) is -3.56. The number of amides is 1. The number of nitrogens with zero attached hydrogens (tertiary/aromatic N) is 4. The molecular weight excluding hydrogens is 438 g/mol. The van der Waals surface area contributed by atoms with Crippen LogP contribution in [0.4, 0.5) is 0 Å². The van der Waals surface area contributed by atoms with Crippen LogP contribution in [0, 0.1) is 0 Å². The van der Waals surface area contributed by atoms with Crippen LogP contribution in [0.3, 0.4) is 0 Å². The molecule has 0 atom stereocenters. The average molecular weight is 466 g/mol. The molecule has 2 aliphatic rings. The molecule has 0 radical (unpaired) electrons. The van der Waals surface area contributed by atoms with E-state index in [2.05, 4.69) is 10.2 Å². The van der Waals surface area contributed by atoms with Gasteiger partial charge in [-0.1, -0.05) is 24.8 Å². The van der Waals surface area contributed by atoms with Crippen LogP contribution in [-0.4, -0.2) is 70.2 Å². The summed E-state index contributed by atoms with van der Waals surface area (Å²) in [6.07, 6.45) is 3.81. The predicted molar refractivity (Wildman–Crippen MR) is 118 cm³/mol. The number of carbonyl (C=O) groups is 1. The molecule has 168 valence electrons. The van der Waals surface area contributed by atoms with Gasteiger partial charge in [0.1, 0.15) is 0 Å². The SMILES string of the molecule is CCCn1c(SCC(=O)N2CCN(S(=O)(=O)c3ccc4c(c3)CCC4)CC2)n[nH]c1=O. The molecule has 1 N–H and O–H groups in total. The van der Waals surface area contributed by atoms with Gasteiger partial charge in [0.25, 0.3) is 0 Å². The minimum atomic E-state index is -3.56. The molecule has 2 heterocycles. The van der Waals surface area contributed by atoms with E-state index in [1.165, 1.54) is 26.2 Å². The molecule has 2 aromatic rings. The quantitative estimate of drug-likeness (QED) is 0.614. The molecule has 1 amide bonds. The van der Waals surface area contributed by atoms with Crippen LogP contribution in [0.5, 0.6) is 0 Å². The molecule has 0 bridgehead atoms. The number of nitrogens with one attached hydrogen (secondary N) is 1. The van der Waals surface area contributed by atoms with Crippen LogP contribution in [0.25, 0.3) is 0 Å². The summed E-state index contributed by atoms with van der Waals surface area (Å²) in [4.78, 5) is 26.4. The Labute approximate surface area is 185 Å². The number of H-pyrrole nitrogens is 1. The van der Waals surface area contributed by atoms with Crippen LogP contribution < -0.4 is 5.69 Å². The zero-order chi connectivity index (χ0) is 22.0. The van der Waals surface area contributed by atoms with E-state index in [9.17, 15) is 18.0 Å². The number of hydrogen-bond donors (Lipinski definition) is 1. The third kappa shape index (κ3) is 4.58. The molecule has 1 aliphatic carbocycles. The third-order valence-electron chi connectivity index (χ3n) is 5.79. The number of fused-ring (bicyclic) bond motifs is 1. The van der Waals surface area contributed by atoms with E-state index < -0.39 is 10.0 Å². The molecule has 31 heavy (non-hydrogen) atoms. The van der Waals surface area contributed by atoms with E-state index >= 15 is 0 Å². The summed E-state index contributed by atoms with van der Waals surface area (Å²) in [5.41, 5.74) is 2.10. The first-order valence-corrected chi connectivity index (χ1v) is 13.0. The Morgan fingerprint density at radius 2 is 1.90 bits per heavy atom. The fraction of sp³-hybridized carbons (Fsp3) is 0.550. The summed E-state index contributed by atoms with van der Waals surface area (Å²) in [6.45, 7) is 3.77. The van der Waals surface area contributed by atoms with E-state index in [1.807, 2.05) is 19.1 Å². The first kappa shape index (κ1) is 22.1. The lowest BCUT2D eigenvalue weighted by Crippen LogP contribution is -2.51. The van der Waals surface area contributed by atoms with Gasteiger partial charge in [0.2, 0.25) is 15.9 Å². The molecule has 4 rings (SSSR count). The number of benzene rings is 1. The molecule has 0 saturated carbocycles. The Kier molecular flexibility index (Phi) is 6.54. The normalized spacial score (nSPS) is 17.1. The molecule has 1 aromatic heterocycles. The van der Waals surface area contributed by atoms with Crippen molar-refractivity contribution in [3.05, 3.63) is 39.8 Å². The second-order valence-corrected chi connectivity index (χ2v) is 10.7. The van der Waals surface area contributed by atoms with Crippen LogP contribution in [0.2, 0.25) is 0 Å². The number of rotatable bonds is 7. The van der Waals surface area contributed by atoms with E-state index in [0.717, 1.165) is 31.2 Å². The summed E-state index contributed by atoms with van der Waals surface area (Å²) in [5.74, 6) is 0.0732. The molecule has 9 nitrogen and oxygen atoms in total. The van der Waals surface area contributed by atoms with Crippen molar-refractivity contribution in [2.24, 2.45) is 0 Å². The maximum atomic E-state index is 13.0. The van der Waals surface area contributed by atoms with Crippen LogP contribution in [-0.2, 0) is 34.2 Å². The number of aromatic nitrogens is 3. The fourth-order valence-electron chi connectivity index (χ4n) is 4.09. The van der Waals surface area contributed by atoms with Crippen molar-refractivity contribution in [1.82, 2.24) is 24.0 Å². The molecule has 1 aromatic carbocycles. The van der Waals surface area contributed by atoms with Crippen molar-refractivity contribution in [1.29, 1.82) is 0 Å². The van der Waals surface area contributed by atoms with Crippen molar-refractivity contribution >= 4 is 27.7 Å². The number of aryl methyl sites for hydroxylation is 2. The van der Waals surface area contributed by atoms with Gasteiger partial charge >= 0.3 is 5.69 Å². The van der Waals surface area contributed by atoms with E-state index in [0.29, 0.717) is 29.7 Å². The Bertz CT molecular complexity index is 1120. The van der Waals surface area contributed by atoms with Gasteiger partial charge in [0.05, 0.1) is 10.6 Å². The Morgan fingerprint density at radius 1 is 1.16 bits per heavy atom. The van der Waals surface area contributed by atoms with Gasteiger partial charge < -0.3 is 4.90 Å². The lowest BCUT2D eigenvalue weighted by molar-refractivity contribution is -0.129. The highest BCUT2D eigenvalue weighted by Gasteiger charge is 2.31. The van der Waals surface area contributed by atoms with Gasteiger partial charge in [0, 0.05) is 32.7 Å². The van der Waals surface area contributed by atoms with Crippen LogP contribution in [0.15, 0.2) is 33.0 Å². The average Bonchev–Trinajstić information content (AvgIpc) is 3.39. The minimum Gasteiger partial charge on any atom is -0.339 e. The molecule has 1 fully saturated rings. The van der Waals surface area contributed by atoms with Crippen molar-refractivity contribution in [3.63, 3.8) is 0 Å². The standard InChI is InChI=1S/C20H27N5O4S2/c1-2-8-25-19(27)21-22-20(25)30-14-18(26)23-9-11-24(12-10-23)31(28,29)17-7-6-15-4-3-5-16(15)13-17/h6-7,13H,2-5,8-12,14H2,1H3,(H,21,27). The van der Waals surface area contributed by atoms with Crippen LogP contribution in [0.1, 0.15) is 30.9 Å². The topological polar surface area (TPSA) is 108 Å². The summed E-state index contributed by atoms with van der Waals surface area (Å²) < 4.78 is 29.1. The highest BCUT2D eigenvalue weighted by molar-refractivity contribution is 7.99. The Morgan fingerprint density at radius 3 is 2.65 bits per heavy atom.